The molecule has 0 saturated heterocycles. The van der Waals surface area contributed by atoms with Crippen LogP contribution in [0.4, 0.5) is 32.0 Å². The van der Waals surface area contributed by atoms with Gasteiger partial charge in [-0.2, -0.15) is 17.6 Å². The Bertz CT molecular complexity index is 801. The number of ether oxygens (including phenoxy) is 1. The lowest BCUT2D eigenvalue weighted by molar-refractivity contribution is -0.387. The maximum atomic E-state index is 13.7. The van der Waals surface area contributed by atoms with Crippen molar-refractivity contribution in [3.8, 4) is 11.5 Å². The summed E-state index contributed by atoms with van der Waals surface area (Å²) >= 11 is 2.78. The van der Waals surface area contributed by atoms with Crippen LogP contribution in [0.15, 0.2) is 28.7 Å². The van der Waals surface area contributed by atoms with Crippen LogP contribution in [0.1, 0.15) is 5.56 Å². The van der Waals surface area contributed by atoms with Crippen LogP contribution in [-0.4, -0.2) is 4.92 Å². The fourth-order valence-electron chi connectivity index (χ4n) is 1.67. The molecule has 0 heterocycles. The van der Waals surface area contributed by atoms with Crippen LogP contribution in [-0.2, 0) is 6.18 Å². The summed E-state index contributed by atoms with van der Waals surface area (Å²) in [6.45, 7) is 0. The molecule has 0 radical (unpaired) electrons. The first-order valence-electron chi connectivity index (χ1n) is 5.88. The molecule has 0 aromatic heterocycles. The molecule has 0 unspecified atom stereocenters. The first-order chi connectivity index (χ1) is 11.0. The van der Waals surface area contributed by atoms with E-state index in [2.05, 4.69) is 15.9 Å². The molecule has 0 aliphatic carbocycles. The van der Waals surface area contributed by atoms with Gasteiger partial charge in [0.1, 0.15) is 5.75 Å². The van der Waals surface area contributed by atoms with E-state index in [4.69, 9.17) is 4.74 Å². The van der Waals surface area contributed by atoms with Gasteiger partial charge in [-0.1, -0.05) is 0 Å². The molecule has 2 aromatic carbocycles. The molecule has 0 aliphatic rings. The van der Waals surface area contributed by atoms with Gasteiger partial charge in [0.15, 0.2) is 17.4 Å². The first-order valence-corrected chi connectivity index (χ1v) is 6.67. The number of nitro benzene ring substituents is 1. The lowest BCUT2D eigenvalue weighted by atomic mass is 10.2. The highest BCUT2D eigenvalue weighted by molar-refractivity contribution is 9.10. The summed E-state index contributed by atoms with van der Waals surface area (Å²) in [6, 6.07) is 1.17. The summed E-state index contributed by atoms with van der Waals surface area (Å²) in [7, 11) is 0. The molecule has 0 atom stereocenters. The lowest BCUT2D eigenvalue weighted by Gasteiger charge is -2.12. The van der Waals surface area contributed by atoms with Gasteiger partial charge < -0.3 is 4.74 Å². The third kappa shape index (κ3) is 3.61. The van der Waals surface area contributed by atoms with Gasteiger partial charge >= 0.3 is 11.9 Å². The maximum absolute atomic E-state index is 13.7. The monoisotopic (exact) mass is 415 g/mol. The lowest BCUT2D eigenvalue weighted by Crippen LogP contribution is -2.07. The minimum Gasteiger partial charge on any atom is -0.450 e. The number of benzene rings is 2. The van der Waals surface area contributed by atoms with E-state index in [1.165, 1.54) is 0 Å². The normalized spacial score (nSPS) is 11.5. The number of rotatable bonds is 3. The van der Waals surface area contributed by atoms with E-state index in [1.54, 1.807) is 0 Å². The van der Waals surface area contributed by atoms with Gasteiger partial charge in [0.2, 0.25) is 5.82 Å². The minimum absolute atomic E-state index is 0.00800. The van der Waals surface area contributed by atoms with Crippen molar-refractivity contribution < 1.29 is 36.0 Å². The number of nitrogens with zero attached hydrogens (tertiary/aromatic N) is 1. The molecule has 0 aliphatic heterocycles. The third-order valence-electron chi connectivity index (χ3n) is 2.74. The van der Waals surface area contributed by atoms with E-state index in [9.17, 15) is 36.5 Å². The van der Waals surface area contributed by atoms with E-state index >= 15 is 0 Å². The molecule has 0 fully saturated rings. The van der Waals surface area contributed by atoms with Crippen molar-refractivity contribution in [3.63, 3.8) is 0 Å². The van der Waals surface area contributed by atoms with Crippen LogP contribution in [0.3, 0.4) is 0 Å². The molecule has 0 amide bonds. The predicted molar refractivity (Wildman–Crippen MR) is 72.2 cm³/mol. The van der Waals surface area contributed by atoms with Crippen LogP contribution in [0, 0.1) is 27.6 Å². The number of hydrogen-bond donors (Lipinski definition) is 0. The number of hydrogen-bond acceptors (Lipinski definition) is 3. The van der Waals surface area contributed by atoms with Crippen molar-refractivity contribution in [2.24, 2.45) is 0 Å². The van der Waals surface area contributed by atoms with E-state index in [0.29, 0.717) is 12.1 Å². The second-order valence-corrected chi connectivity index (χ2v) is 5.21. The number of halogens is 7. The van der Waals surface area contributed by atoms with Crippen molar-refractivity contribution in [2.45, 2.75) is 6.18 Å². The molecular formula is C13H4BrF6NO3. The second kappa shape index (κ2) is 6.30. The molecule has 0 saturated carbocycles. The smallest absolute Gasteiger partial charge is 0.416 e. The van der Waals surface area contributed by atoms with Gasteiger partial charge in [0.25, 0.3) is 0 Å². The third-order valence-corrected chi connectivity index (χ3v) is 3.36. The minimum atomic E-state index is -4.97. The van der Waals surface area contributed by atoms with Crippen LogP contribution < -0.4 is 4.74 Å². The highest BCUT2D eigenvalue weighted by Crippen LogP contribution is 2.39. The molecule has 0 spiro atoms. The van der Waals surface area contributed by atoms with E-state index < -0.39 is 51.3 Å². The Morgan fingerprint density at radius 3 is 2.00 bits per heavy atom. The first kappa shape index (κ1) is 18.0. The Kier molecular flexibility index (Phi) is 4.74. The Labute approximate surface area is 137 Å². The second-order valence-electron chi connectivity index (χ2n) is 4.36. The van der Waals surface area contributed by atoms with Crippen molar-refractivity contribution in [2.75, 3.05) is 0 Å². The molecule has 128 valence electrons. The summed E-state index contributed by atoms with van der Waals surface area (Å²) in [5.74, 6) is -6.47. The highest BCUT2D eigenvalue weighted by atomic mass is 79.9. The summed E-state index contributed by atoms with van der Waals surface area (Å²) in [4.78, 5) is 9.52. The fourth-order valence-corrected chi connectivity index (χ4v) is 2.08. The largest absolute Gasteiger partial charge is 0.450 e. The SMILES string of the molecule is O=[N+]([O-])c1cc(Br)c(Oc2c(F)cc(C(F)(F)F)cc2F)cc1F. The van der Waals surface area contributed by atoms with Crippen molar-refractivity contribution in [1.82, 2.24) is 0 Å². The average Bonchev–Trinajstić information content (AvgIpc) is 2.44. The van der Waals surface area contributed by atoms with Crippen molar-refractivity contribution in [1.29, 1.82) is 0 Å². The van der Waals surface area contributed by atoms with Gasteiger partial charge in [-0.3, -0.25) is 10.1 Å². The highest BCUT2D eigenvalue weighted by Gasteiger charge is 2.33. The predicted octanol–water partition coefficient (Wildman–Crippen LogP) is 5.59. The van der Waals surface area contributed by atoms with Gasteiger partial charge in [0.05, 0.1) is 15.0 Å². The van der Waals surface area contributed by atoms with E-state index in [1.807, 2.05) is 0 Å². The van der Waals surface area contributed by atoms with Gasteiger partial charge in [-0.15, -0.1) is 0 Å². The van der Waals surface area contributed by atoms with E-state index in [-0.39, 0.29) is 16.6 Å². The molecule has 2 aromatic rings. The van der Waals surface area contributed by atoms with Crippen molar-refractivity contribution >= 4 is 21.6 Å². The molecule has 24 heavy (non-hydrogen) atoms. The van der Waals surface area contributed by atoms with Gasteiger partial charge in [-0.05, 0) is 28.1 Å². The molecule has 0 bridgehead atoms. The van der Waals surface area contributed by atoms with Crippen molar-refractivity contribution in [3.05, 3.63) is 61.9 Å². The molecule has 4 nitrogen and oxygen atoms in total. The maximum Gasteiger partial charge on any atom is 0.416 e. The Balaban J connectivity index is 2.46. The zero-order chi connectivity index (χ0) is 18.2. The average molecular weight is 416 g/mol. The van der Waals surface area contributed by atoms with Crippen LogP contribution in [0.25, 0.3) is 0 Å². The summed E-state index contributed by atoms with van der Waals surface area (Å²) in [5, 5.41) is 10.6. The topological polar surface area (TPSA) is 52.4 Å². The zero-order valence-corrected chi connectivity index (χ0v) is 12.7. The Morgan fingerprint density at radius 1 is 1.00 bits per heavy atom. The fraction of sp³-hybridized carbons (Fsp3) is 0.0769. The molecule has 11 heteroatoms. The Hall–Kier alpha value is -2.30. The molecule has 0 N–H and O–H groups in total. The van der Waals surface area contributed by atoms with Crippen LogP contribution >= 0.6 is 15.9 Å². The number of alkyl halides is 3. The summed E-state index contributed by atoms with van der Waals surface area (Å²) in [6.07, 6.45) is -4.97. The van der Waals surface area contributed by atoms with Crippen LogP contribution in [0.2, 0.25) is 0 Å². The molecular weight excluding hydrogens is 412 g/mol. The summed E-state index contributed by atoms with van der Waals surface area (Å²) < 4.78 is 82.7. The van der Waals surface area contributed by atoms with Gasteiger partial charge in [-0.25, -0.2) is 8.78 Å². The number of nitro groups is 1. The van der Waals surface area contributed by atoms with Gasteiger partial charge in [0, 0.05) is 12.1 Å². The molecule has 2 rings (SSSR count). The zero-order valence-electron chi connectivity index (χ0n) is 11.1. The van der Waals surface area contributed by atoms with E-state index in [0.717, 1.165) is 0 Å². The summed E-state index contributed by atoms with van der Waals surface area (Å²) in [5.41, 5.74) is -2.50. The van der Waals surface area contributed by atoms with Crippen LogP contribution in [0.5, 0.6) is 11.5 Å². The standard InChI is InChI=1S/C13H4BrF6NO3/c14-6-3-10(21(22)23)7(15)4-11(6)24-12-8(16)1-5(2-9(12)17)13(18,19)20/h1-4H. The Morgan fingerprint density at radius 2 is 1.54 bits per heavy atom. The quantitative estimate of drug-likeness (QED) is 0.373.